The number of aromatic nitrogens is 2. The largest absolute Gasteiger partial charge is 0.494 e. The molecule has 0 bridgehead atoms. The predicted octanol–water partition coefficient (Wildman–Crippen LogP) is 2.97. The van der Waals surface area contributed by atoms with Gasteiger partial charge in [-0.15, -0.1) is 5.10 Å². The number of aryl methyl sites for hydroxylation is 1. The number of benzene rings is 1. The molecule has 1 N–H and O–H groups in total. The number of aliphatic hydroxyl groups excluding tert-OH is 1. The predicted molar refractivity (Wildman–Crippen MR) is 75.6 cm³/mol. The Bertz CT molecular complexity index is 510. The molecule has 1 unspecified atom stereocenters. The minimum Gasteiger partial charge on any atom is -0.494 e. The molecular formula is C14H18N2O2S. The third-order valence-electron chi connectivity index (χ3n) is 2.83. The normalized spacial score (nSPS) is 12.4. The second-order valence-corrected chi connectivity index (χ2v) is 5.02. The summed E-state index contributed by atoms with van der Waals surface area (Å²) in [5.74, 6) is 0.815. The lowest BCUT2D eigenvalue weighted by Crippen LogP contribution is -2.01. The maximum Gasteiger partial charge on any atom is 0.119 e. The molecule has 2 aromatic rings. The van der Waals surface area contributed by atoms with Crippen LogP contribution in [0.4, 0.5) is 0 Å². The van der Waals surface area contributed by atoms with E-state index >= 15 is 0 Å². The lowest BCUT2D eigenvalue weighted by Gasteiger charge is -2.11. The van der Waals surface area contributed by atoms with Crippen molar-refractivity contribution in [2.75, 3.05) is 6.61 Å². The van der Waals surface area contributed by atoms with Gasteiger partial charge in [-0.05, 0) is 42.6 Å². The van der Waals surface area contributed by atoms with Crippen LogP contribution in [0.15, 0.2) is 24.3 Å². The van der Waals surface area contributed by atoms with E-state index in [1.807, 2.05) is 31.2 Å². The molecule has 1 aromatic carbocycles. The van der Waals surface area contributed by atoms with Crippen molar-refractivity contribution < 1.29 is 9.84 Å². The Morgan fingerprint density at radius 1 is 1.26 bits per heavy atom. The molecule has 0 amide bonds. The van der Waals surface area contributed by atoms with Gasteiger partial charge in [-0.25, -0.2) is 0 Å². The molecule has 1 aromatic heterocycles. The van der Waals surface area contributed by atoms with Crippen LogP contribution in [0, 0.1) is 0 Å². The molecule has 19 heavy (non-hydrogen) atoms. The van der Waals surface area contributed by atoms with Crippen LogP contribution < -0.4 is 4.74 Å². The minimum absolute atomic E-state index is 0.640. The number of hydrogen-bond donors (Lipinski definition) is 1. The highest BCUT2D eigenvalue weighted by atomic mass is 32.1. The molecular weight excluding hydrogens is 260 g/mol. The second-order valence-electron chi connectivity index (χ2n) is 4.24. The zero-order valence-electron chi connectivity index (χ0n) is 11.2. The van der Waals surface area contributed by atoms with Gasteiger partial charge in [0.15, 0.2) is 0 Å². The summed E-state index contributed by atoms with van der Waals surface area (Å²) in [5.41, 5.74) is 1.74. The summed E-state index contributed by atoms with van der Waals surface area (Å²) in [5, 5.41) is 14.5. The van der Waals surface area contributed by atoms with E-state index in [0.29, 0.717) is 6.61 Å². The van der Waals surface area contributed by atoms with Crippen LogP contribution in [-0.2, 0) is 6.42 Å². The van der Waals surface area contributed by atoms with Gasteiger partial charge in [0, 0.05) is 0 Å². The molecule has 0 aliphatic heterocycles. The highest BCUT2D eigenvalue weighted by Gasteiger charge is 2.18. The molecule has 0 aliphatic carbocycles. The van der Waals surface area contributed by atoms with Gasteiger partial charge >= 0.3 is 0 Å². The van der Waals surface area contributed by atoms with Crippen molar-refractivity contribution in [3.8, 4) is 5.75 Å². The van der Waals surface area contributed by atoms with E-state index in [0.717, 1.165) is 34.7 Å². The Kier molecular flexibility index (Phi) is 4.87. The first-order chi connectivity index (χ1) is 9.26. The molecule has 0 saturated heterocycles. The maximum atomic E-state index is 10.4. The smallest absolute Gasteiger partial charge is 0.119 e. The lowest BCUT2D eigenvalue weighted by molar-refractivity contribution is 0.222. The average molecular weight is 278 g/mol. The first-order valence-electron chi connectivity index (χ1n) is 6.48. The van der Waals surface area contributed by atoms with E-state index in [2.05, 4.69) is 16.5 Å². The van der Waals surface area contributed by atoms with E-state index in [1.165, 1.54) is 11.5 Å². The van der Waals surface area contributed by atoms with E-state index < -0.39 is 6.10 Å². The zero-order chi connectivity index (χ0) is 13.7. The first-order valence-corrected chi connectivity index (χ1v) is 7.25. The molecule has 1 atom stereocenters. The van der Waals surface area contributed by atoms with Crippen LogP contribution in [0.5, 0.6) is 5.75 Å². The van der Waals surface area contributed by atoms with Crippen molar-refractivity contribution in [3.63, 3.8) is 0 Å². The van der Waals surface area contributed by atoms with Crippen molar-refractivity contribution in [3.05, 3.63) is 40.4 Å². The maximum absolute atomic E-state index is 10.4. The van der Waals surface area contributed by atoms with Crippen LogP contribution in [0.3, 0.4) is 0 Å². The van der Waals surface area contributed by atoms with Crippen LogP contribution in [0.2, 0.25) is 0 Å². The SMILES string of the molecule is CCCc1nnsc1C(O)c1ccc(OCC)cc1. The third kappa shape index (κ3) is 3.30. The van der Waals surface area contributed by atoms with E-state index in [4.69, 9.17) is 4.74 Å². The highest BCUT2D eigenvalue weighted by molar-refractivity contribution is 7.05. The molecule has 0 radical (unpaired) electrons. The molecule has 2 rings (SSSR count). The number of rotatable bonds is 6. The Labute approximate surface area is 117 Å². The lowest BCUT2D eigenvalue weighted by atomic mass is 10.1. The molecule has 0 spiro atoms. The fourth-order valence-corrected chi connectivity index (χ4v) is 2.61. The van der Waals surface area contributed by atoms with Crippen LogP contribution >= 0.6 is 11.5 Å². The molecule has 0 fully saturated rings. The number of aliphatic hydroxyl groups is 1. The van der Waals surface area contributed by atoms with Gasteiger partial charge in [-0.1, -0.05) is 30.0 Å². The van der Waals surface area contributed by atoms with Crippen LogP contribution in [-0.4, -0.2) is 21.3 Å². The van der Waals surface area contributed by atoms with Gasteiger partial charge < -0.3 is 9.84 Å². The topological polar surface area (TPSA) is 55.2 Å². The Morgan fingerprint density at radius 2 is 2.00 bits per heavy atom. The first kappa shape index (κ1) is 14.0. The minimum atomic E-state index is -0.655. The van der Waals surface area contributed by atoms with E-state index in [9.17, 15) is 5.11 Å². The summed E-state index contributed by atoms with van der Waals surface area (Å²) in [6.07, 6.45) is 1.19. The average Bonchev–Trinajstić information content (AvgIpc) is 2.88. The summed E-state index contributed by atoms with van der Waals surface area (Å²) in [6, 6.07) is 7.50. The second kappa shape index (κ2) is 6.63. The fourth-order valence-electron chi connectivity index (χ4n) is 1.90. The summed E-state index contributed by atoms with van der Waals surface area (Å²) >= 11 is 1.26. The molecule has 1 heterocycles. The summed E-state index contributed by atoms with van der Waals surface area (Å²) in [4.78, 5) is 0.839. The van der Waals surface area contributed by atoms with Gasteiger partial charge in [0.05, 0.1) is 17.2 Å². The fraction of sp³-hybridized carbons (Fsp3) is 0.429. The van der Waals surface area contributed by atoms with Crippen molar-refractivity contribution in [2.24, 2.45) is 0 Å². The summed E-state index contributed by atoms with van der Waals surface area (Å²) < 4.78 is 9.33. The summed E-state index contributed by atoms with van der Waals surface area (Å²) in [6.45, 7) is 4.68. The quantitative estimate of drug-likeness (QED) is 0.882. The molecule has 5 heteroatoms. The highest BCUT2D eigenvalue weighted by Crippen LogP contribution is 2.28. The molecule has 0 saturated carbocycles. The molecule has 4 nitrogen and oxygen atoms in total. The van der Waals surface area contributed by atoms with Gasteiger partial charge in [-0.3, -0.25) is 0 Å². The van der Waals surface area contributed by atoms with E-state index in [-0.39, 0.29) is 0 Å². The van der Waals surface area contributed by atoms with Crippen molar-refractivity contribution in [1.29, 1.82) is 0 Å². The Balaban J connectivity index is 2.18. The van der Waals surface area contributed by atoms with Crippen molar-refractivity contribution in [2.45, 2.75) is 32.8 Å². The van der Waals surface area contributed by atoms with Crippen molar-refractivity contribution >= 4 is 11.5 Å². The number of hydrogen-bond acceptors (Lipinski definition) is 5. The number of ether oxygens (including phenoxy) is 1. The Morgan fingerprint density at radius 3 is 2.63 bits per heavy atom. The zero-order valence-corrected chi connectivity index (χ0v) is 12.0. The summed E-state index contributed by atoms with van der Waals surface area (Å²) in [7, 11) is 0. The van der Waals surface area contributed by atoms with E-state index in [1.54, 1.807) is 0 Å². The monoisotopic (exact) mass is 278 g/mol. The van der Waals surface area contributed by atoms with Gasteiger partial charge in [0.2, 0.25) is 0 Å². The van der Waals surface area contributed by atoms with Gasteiger partial charge in [0.25, 0.3) is 0 Å². The molecule has 102 valence electrons. The number of nitrogens with zero attached hydrogens (tertiary/aromatic N) is 2. The standard InChI is InChI=1S/C14H18N2O2S/c1-3-5-12-14(19-16-15-12)13(17)10-6-8-11(9-7-10)18-4-2/h6-9,13,17H,3-5H2,1-2H3. The van der Waals surface area contributed by atoms with Crippen LogP contribution in [0.25, 0.3) is 0 Å². The van der Waals surface area contributed by atoms with Crippen LogP contribution in [0.1, 0.15) is 42.5 Å². The van der Waals surface area contributed by atoms with Crippen molar-refractivity contribution in [1.82, 2.24) is 9.59 Å². The van der Waals surface area contributed by atoms with Gasteiger partial charge in [0.1, 0.15) is 11.9 Å². The third-order valence-corrected chi connectivity index (χ3v) is 3.65. The molecule has 0 aliphatic rings. The Hall–Kier alpha value is -1.46. The van der Waals surface area contributed by atoms with Gasteiger partial charge in [-0.2, -0.15) is 0 Å².